The second-order valence-corrected chi connectivity index (χ2v) is 4.43. The third-order valence-corrected chi connectivity index (χ3v) is 2.88. The summed E-state index contributed by atoms with van der Waals surface area (Å²) in [5.41, 5.74) is 4.35. The summed E-state index contributed by atoms with van der Waals surface area (Å²) in [5, 5.41) is 0. The molecular weight excluding hydrogens is 242 g/mol. The van der Waals surface area contributed by atoms with Crippen LogP contribution in [0, 0.1) is 6.92 Å². The molecule has 0 saturated carbocycles. The highest BCUT2D eigenvalue weighted by molar-refractivity contribution is 5.90. The zero-order chi connectivity index (χ0) is 13.8. The summed E-state index contributed by atoms with van der Waals surface area (Å²) >= 11 is 0. The number of hydrogen-bond acceptors (Lipinski definition) is 4. The number of benzene rings is 1. The molecular formula is C14H17N3O2. The predicted octanol–water partition coefficient (Wildman–Crippen LogP) is 1.83. The van der Waals surface area contributed by atoms with Gasteiger partial charge in [0.1, 0.15) is 5.76 Å². The van der Waals surface area contributed by atoms with E-state index in [0.29, 0.717) is 12.3 Å². The zero-order valence-electron chi connectivity index (χ0n) is 11.0. The van der Waals surface area contributed by atoms with Gasteiger partial charge in [0.05, 0.1) is 6.54 Å². The van der Waals surface area contributed by atoms with Gasteiger partial charge >= 0.3 is 5.91 Å². The van der Waals surface area contributed by atoms with E-state index in [-0.39, 0.29) is 5.76 Å². The normalized spacial score (nSPS) is 10.3. The standard InChI is InChI=1S/C14H17N3O2/c1-10-3-5-11(6-4-10)17(2)9-12-7-8-13(19-12)14(18)16-15/h3-8H,9,15H2,1-2H3,(H,16,18). The molecule has 1 amide bonds. The van der Waals surface area contributed by atoms with Gasteiger partial charge in [-0.05, 0) is 31.2 Å². The molecule has 0 unspecified atom stereocenters. The van der Waals surface area contributed by atoms with E-state index in [0.717, 1.165) is 5.69 Å². The molecule has 0 aliphatic carbocycles. The Morgan fingerprint density at radius 2 is 1.95 bits per heavy atom. The number of nitrogens with two attached hydrogens (primary N) is 1. The molecule has 3 N–H and O–H groups in total. The fourth-order valence-corrected chi connectivity index (χ4v) is 1.78. The van der Waals surface area contributed by atoms with Gasteiger partial charge in [0, 0.05) is 12.7 Å². The number of carbonyl (C=O) groups excluding carboxylic acids is 1. The third-order valence-electron chi connectivity index (χ3n) is 2.88. The Morgan fingerprint density at radius 3 is 2.58 bits per heavy atom. The van der Waals surface area contributed by atoms with Crippen LogP contribution in [0.1, 0.15) is 21.9 Å². The molecule has 1 aromatic heterocycles. The first-order valence-corrected chi connectivity index (χ1v) is 5.97. The highest BCUT2D eigenvalue weighted by Crippen LogP contribution is 2.17. The molecule has 19 heavy (non-hydrogen) atoms. The van der Waals surface area contributed by atoms with Crippen LogP contribution in [-0.2, 0) is 6.54 Å². The van der Waals surface area contributed by atoms with Gasteiger partial charge in [-0.2, -0.15) is 0 Å². The lowest BCUT2D eigenvalue weighted by molar-refractivity contribution is 0.0924. The second kappa shape index (κ2) is 5.58. The van der Waals surface area contributed by atoms with Crippen LogP contribution in [0.4, 0.5) is 5.69 Å². The minimum absolute atomic E-state index is 0.217. The number of aryl methyl sites for hydroxylation is 1. The van der Waals surface area contributed by atoms with Crippen molar-refractivity contribution in [1.82, 2.24) is 5.43 Å². The summed E-state index contributed by atoms with van der Waals surface area (Å²) in [6, 6.07) is 11.6. The van der Waals surface area contributed by atoms with Gasteiger partial charge in [-0.25, -0.2) is 5.84 Å². The monoisotopic (exact) mass is 259 g/mol. The van der Waals surface area contributed by atoms with Crippen molar-refractivity contribution >= 4 is 11.6 Å². The number of nitrogen functional groups attached to an aromatic ring is 1. The fraction of sp³-hybridized carbons (Fsp3) is 0.214. The summed E-state index contributed by atoms with van der Waals surface area (Å²) in [4.78, 5) is 13.3. The Kier molecular flexibility index (Phi) is 3.87. The first-order valence-electron chi connectivity index (χ1n) is 5.97. The lowest BCUT2D eigenvalue weighted by Crippen LogP contribution is -2.29. The van der Waals surface area contributed by atoms with E-state index in [4.69, 9.17) is 10.3 Å². The van der Waals surface area contributed by atoms with E-state index in [1.807, 2.05) is 36.4 Å². The number of anilines is 1. The largest absolute Gasteiger partial charge is 0.454 e. The number of nitrogens with one attached hydrogen (secondary N) is 1. The first kappa shape index (κ1) is 13.2. The number of furan rings is 1. The van der Waals surface area contributed by atoms with Crippen LogP contribution in [-0.4, -0.2) is 13.0 Å². The molecule has 5 nitrogen and oxygen atoms in total. The van der Waals surface area contributed by atoms with E-state index in [1.165, 1.54) is 5.56 Å². The van der Waals surface area contributed by atoms with E-state index >= 15 is 0 Å². The van der Waals surface area contributed by atoms with Gasteiger partial charge < -0.3 is 9.32 Å². The molecule has 0 spiro atoms. The molecule has 0 aliphatic heterocycles. The van der Waals surface area contributed by atoms with Crippen molar-refractivity contribution in [3.8, 4) is 0 Å². The summed E-state index contributed by atoms with van der Waals surface area (Å²) in [5.74, 6) is 5.55. The second-order valence-electron chi connectivity index (χ2n) is 4.43. The Bertz CT molecular complexity index is 560. The SMILES string of the molecule is Cc1ccc(N(C)Cc2ccc(C(=O)NN)o2)cc1. The minimum atomic E-state index is -0.427. The van der Waals surface area contributed by atoms with E-state index < -0.39 is 5.91 Å². The lowest BCUT2D eigenvalue weighted by atomic mass is 10.2. The number of rotatable bonds is 4. The van der Waals surface area contributed by atoms with E-state index in [2.05, 4.69) is 12.1 Å². The maximum atomic E-state index is 11.3. The van der Waals surface area contributed by atoms with Gasteiger partial charge in [0.2, 0.25) is 0 Å². The maximum absolute atomic E-state index is 11.3. The van der Waals surface area contributed by atoms with Gasteiger partial charge in [0.25, 0.3) is 0 Å². The quantitative estimate of drug-likeness (QED) is 0.499. The Balaban J connectivity index is 2.06. The minimum Gasteiger partial charge on any atom is -0.454 e. The third kappa shape index (κ3) is 3.14. The number of hydrazine groups is 1. The summed E-state index contributed by atoms with van der Waals surface area (Å²) < 4.78 is 5.42. The number of amides is 1. The molecule has 1 aromatic carbocycles. The summed E-state index contributed by atoms with van der Waals surface area (Å²) in [6.45, 7) is 2.63. The van der Waals surface area contributed by atoms with Crippen LogP contribution < -0.4 is 16.2 Å². The summed E-state index contributed by atoms with van der Waals surface area (Å²) in [7, 11) is 1.97. The molecule has 0 saturated heterocycles. The van der Waals surface area contributed by atoms with Crippen molar-refractivity contribution in [1.29, 1.82) is 0 Å². The van der Waals surface area contributed by atoms with Gasteiger partial charge in [-0.1, -0.05) is 17.7 Å². The van der Waals surface area contributed by atoms with Crippen molar-refractivity contribution in [3.63, 3.8) is 0 Å². The smallest absolute Gasteiger partial charge is 0.300 e. The van der Waals surface area contributed by atoms with Gasteiger partial charge in [0.15, 0.2) is 5.76 Å². The number of hydrogen-bond donors (Lipinski definition) is 2. The van der Waals surface area contributed by atoms with E-state index in [9.17, 15) is 4.79 Å². The van der Waals surface area contributed by atoms with Crippen molar-refractivity contribution in [2.24, 2.45) is 5.84 Å². The first-order chi connectivity index (χ1) is 9.10. The topological polar surface area (TPSA) is 71.5 Å². The number of nitrogens with zero attached hydrogens (tertiary/aromatic N) is 1. The molecule has 2 aromatic rings. The molecule has 0 radical (unpaired) electrons. The molecule has 0 fully saturated rings. The van der Waals surface area contributed by atoms with Crippen LogP contribution in [0.25, 0.3) is 0 Å². The van der Waals surface area contributed by atoms with Crippen LogP contribution in [0.2, 0.25) is 0 Å². The average Bonchev–Trinajstić information content (AvgIpc) is 2.87. The fourth-order valence-electron chi connectivity index (χ4n) is 1.78. The van der Waals surface area contributed by atoms with Crippen molar-refractivity contribution in [2.45, 2.75) is 13.5 Å². The van der Waals surface area contributed by atoms with Crippen molar-refractivity contribution in [3.05, 3.63) is 53.5 Å². The lowest BCUT2D eigenvalue weighted by Gasteiger charge is -2.17. The zero-order valence-corrected chi connectivity index (χ0v) is 11.0. The number of carbonyl (C=O) groups is 1. The summed E-state index contributed by atoms with van der Waals surface area (Å²) in [6.07, 6.45) is 0. The van der Waals surface area contributed by atoms with Gasteiger partial charge in [-0.3, -0.25) is 10.2 Å². The molecule has 0 aliphatic rings. The molecule has 1 heterocycles. The Morgan fingerprint density at radius 1 is 1.26 bits per heavy atom. The molecule has 0 bridgehead atoms. The van der Waals surface area contributed by atoms with Gasteiger partial charge in [-0.15, -0.1) is 0 Å². The molecule has 5 heteroatoms. The Hall–Kier alpha value is -2.27. The van der Waals surface area contributed by atoms with Crippen LogP contribution >= 0.6 is 0 Å². The predicted molar refractivity (Wildman–Crippen MR) is 73.6 cm³/mol. The molecule has 2 rings (SSSR count). The van der Waals surface area contributed by atoms with Crippen LogP contribution in [0.15, 0.2) is 40.8 Å². The van der Waals surface area contributed by atoms with Crippen LogP contribution in [0.5, 0.6) is 0 Å². The maximum Gasteiger partial charge on any atom is 0.300 e. The average molecular weight is 259 g/mol. The highest BCUT2D eigenvalue weighted by atomic mass is 16.4. The molecule has 100 valence electrons. The van der Waals surface area contributed by atoms with Crippen molar-refractivity contribution in [2.75, 3.05) is 11.9 Å². The van der Waals surface area contributed by atoms with Crippen molar-refractivity contribution < 1.29 is 9.21 Å². The van der Waals surface area contributed by atoms with E-state index in [1.54, 1.807) is 12.1 Å². The highest BCUT2D eigenvalue weighted by Gasteiger charge is 2.11. The Labute approximate surface area is 112 Å². The van der Waals surface area contributed by atoms with Crippen LogP contribution in [0.3, 0.4) is 0 Å². The molecule has 0 atom stereocenters.